The first-order valence-corrected chi connectivity index (χ1v) is 18.8. The fourth-order valence-corrected chi connectivity index (χ4v) is 6.12. The number of unbranched alkanes of at least 4 members (excludes halogenated alkanes) is 25. The summed E-state index contributed by atoms with van der Waals surface area (Å²) in [4.78, 5) is 12.3. The second-order valence-corrected chi connectivity index (χ2v) is 13.5. The van der Waals surface area contributed by atoms with Gasteiger partial charge in [-0.05, 0) is 19.3 Å². The molecule has 0 spiro atoms. The highest BCUT2D eigenvalue weighted by atomic mass is 16.3. The van der Waals surface area contributed by atoms with Crippen molar-refractivity contribution in [3.8, 4) is 0 Å². The lowest BCUT2D eigenvalue weighted by molar-refractivity contribution is -0.908. The van der Waals surface area contributed by atoms with E-state index >= 15 is 0 Å². The number of nitrogens with one attached hydrogen (secondary N) is 1. The molecule has 246 valence electrons. The summed E-state index contributed by atoms with van der Waals surface area (Å²) in [7, 11) is 2.25. The van der Waals surface area contributed by atoms with E-state index in [0.29, 0.717) is 6.42 Å². The number of hydrogen-bond acceptors (Lipinski definition) is 2. The Morgan fingerprint density at radius 3 is 1.20 bits per heavy atom. The van der Waals surface area contributed by atoms with Gasteiger partial charge in [0.05, 0.1) is 33.3 Å². The van der Waals surface area contributed by atoms with E-state index in [1.54, 1.807) is 0 Å². The normalized spacial score (nSPS) is 13.0. The van der Waals surface area contributed by atoms with Crippen molar-refractivity contribution < 1.29 is 14.4 Å². The summed E-state index contributed by atoms with van der Waals surface area (Å²) in [5, 5.41) is 12.8. The Bertz CT molecular complexity index is 527. The Morgan fingerprint density at radius 1 is 0.488 bits per heavy atom. The van der Waals surface area contributed by atoms with Gasteiger partial charge in [-0.25, -0.2) is 0 Å². The first-order valence-electron chi connectivity index (χ1n) is 18.8. The highest BCUT2D eigenvalue weighted by Crippen LogP contribution is 2.15. The predicted molar refractivity (Wildman–Crippen MR) is 182 cm³/mol. The third-order valence-corrected chi connectivity index (χ3v) is 9.17. The van der Waals surface area contributed by atoms with Gasteiger partial charge in [0.2, 0.25) is 5.91 Å². The maximum Gasteiger partial charge on any atom is 0.220 e. The summed E-state index contributed by atoms with van der Waals surface area (Å²) >= 11 is 0. The second-order valence-electron chi connectivity index (χ2n) is 13.5. The van der Waals surface area contributed by atoms with Gasteiger partial charge in [0, 0.05) is 6.42 Å². The molecule has 0 aliphatic carbocycles. The Kier molecular flexibility index (Phi) is 31.8. The van der Waals surface area contributed by atoms with Crippen LogP contribution >= 0.6 is 0 Å². The summed E-state index contributed by atoms with van der Waals surface area (Å²) < 4.78 is 0.869. The van der Waals surface area contributed by atoms with E-state index in [1.807, 2.05) is 0 Å². The van der Waals surface area contributed by atoms with Crippen molar-refractivity contribution in [3.63, 3.8) is 0 Å². The Labute approximate surface area is 258 Å². The van der Waals surface area contributed by atoms with Gasteiger partial charge in [0.25, 0.3) is 0 Å². The lowest BCUT2D eigenvalue weighted by Gasteiger charge is -2.34. The number of aliphatic hydroxyl groups excluding tert-OH is 1. The van der Waals surface area contributed by atoms with Crippen molar-refractivity contribution >= 4 is 5.91 Å². The number of carbonyl (C=O) groups excluding carboxylic acids is 1. The molecule has 2 N–H and O–H groups in total. The van der Waals surface area contributed by atoms with E-state index in [1.165, 1.54) is 167 Å². The van der Waals surface area contributed by atoms with Crippen molar-refractivity contribution in [1.29, 1.82) is 0 Å². The van der Waals surface area contributed by atoms with Crippen LogP contribution in [0.3, 0.4) is 0 Å². The van der Waals surface area contributed by atoms with Crippen LogP contribution in [0.2, 0.25) is 0 Å². The lowest BCUT2D eigenvalue weighted by Crippen LogP contribution is -2.50. The van der Waals surface area contributed by atoms with Crippen LogP contribution in [-0.2, 0) is 4.79 Å². The van der Waals surface area contributed by atoms with E-state index < -0.39 is 0 Å². The molecule has 4 heteroatoms. The van der Waals surface area contributed by atoms with Crippen LogP contribution in [0.1, 0.15) is 194 Å². The number of amides is 1. The number of hydrogen-bond donors (Lipinski definition) is 2. The van der Waals surface area contributed by atoms with Gasteiger partial charge in [0.1, 0.15) is 6.54 Å². The van der Waals surface area contributed by atoms with E-state index in [2.05, 4.69) is 26.2 Å². The first-order chi connectivity index (χ1) is 20.1. The average Bonchev–Trinajstić information content (AvgIpc) is 2.96. The van der Waals surface area contributed by atoms with Gasteiger partial charge in [-0.3, -0.25) is 4.79 Å². The predicted octanol–water partition coefficient (Wildman–Crippen LogP) is 10.5. The smallest absolute Gasteiger partial charge is 0.220 e. The monoisotopic (exact) mass is 582 g/mol. The molecule has 0 aliphatic rings. The third-order valence-electron chi connectivity index (χ3n) is 9.17. The van der Waals surface area contributed by atoms with E-state index in [0.717, 1.165) is 37.1 Å². The summed E-state index contributed by atoms with van der Waals surface area (Å²) in [6.45, 7) is 8.33. The molecule has 0 radical (unpaired) electrons. The lowest BCUT2D eigenvalue weighted by atomic mass is 10.0. The summed E-state index contributed by atoms with van der Waals surface area (Å²) in [5.74, 6) is 0.208. The molecule has 1 amide bonds. The molecule has 0 aromatic carbocycles. The molecule has 0 rings (SSSR count). The van der Waals surface area contributed by atoms with Gasteiger partial charge in [-0.2, -0.15) is 0 Å². The molecule has 0 aromatic heterocycles. The highest BCUT2D eigenvalue weighted by Gasteiger charge is 2.20. The van der Waals surface area contributed by atoms with Crippen molar-refractivity contribution in [3.05, 3.63) is 0 Å². The van der Waals surface area contributed by atoms with Crippen LogP contribution in [0.5, 0.6) is 0 Å². The average molecular weight is 582 g/mol. The summed E-state index contributed by atoms with van der Waals surface area (Å²) in [5.41, 5.74) is 0. The summed E-state index contributed by atoms with van der Waals surface area (Å²) in [6.07, 6.45) is 37.4. The molecular formula is C37H77N2O2+. The van der Waals surface area contributed by atoms with Crippen LogP contribution in [0.15, 0.2) is 0 Å². The Balaban J connectivity index is 3.63. The molecule has 0 heterocycles. The standard InChI is InChI=1S/C37H76N2O2/c1-4-6-8-10-12-14-16-18-20-22-24-26-28-30-33-39(3,35-36-40)34-32-38-37(41)31-29-27-25-23-21-19-17-15-13-11-9-7-5-2/h40H,4-36H2,1-3H3/p+1. The number of likely N-dealkylation sites (N-methyl/N-ethyl adjacent to an activating group) is 1. The van der Waals surface area contributed by atoms with Crippen LogP contribution < -0.4 is 5.32 Å². The Morgan fingerprint density at radius 2 is 0.829 bits per heavy atom. The van der Waals surface area contributed by atoms with Crippen molar-refractivity contribution in [1.82, 2.24) is 5.32 Å². The number of quaternary nitrogens is 1. The zero-order valence-electron chi connectivity index (χ0n) is 28.6. The molecule has 1 unspecified atom stereocenters. The largest absolute Gasteiger partial charge is 0.391 e. The molecule has 0 aliphatic heterocycles. The Hall–Kier alpha value is -0.610. The zero-order valence-corrected chi connectivity index (χ0v) is 28.6. The van der Waals surface area contributed by atoms with E-state index in [4.69, 9.17) is 0 Å². The van der Waals surface area contributed by atoms with E-state index in [-0.39, 0.29) is 12.5 Å². The van der Waals surface area contributed by atoms with Crippen LogP contribution in [-0.4, -0.2) is 55.3 Å². The highest BCUT2D eigenvalue weighted by molar-refractivity contribution is 5.75. The minimum atomic E-state index is 0.208. The second kappa shape index (κ2) is 32.3. The zero-order chi connectivity index (χ0) is 30.1. The molecule has 0 saturated heterocycles. The maximum atomic E-state index is 12.3. The summed E-state index contributed by atoms with van der Waals surface area (Å²) in [6, 6.07) is 0. The quantitative estimate of drug-likeness (QED) is 0.0586. The molecule has 4 nitrogen and oxygen atoms in total. The molecule has 41 heavy (non-hydrogen) atoms. The van der Waals surface area contributed by atoms with Gasteiger partial charge in [-0.15, -0.1) is 0 Å². The maximum absolute atomic E-state index is 12.3. The van der Waals surface area contributed by atoms with Crippen molar-refractivity contribution in [2.45, 2.75) is 194 Å². The topological polar surface area (TPSA) is 49.3 Å². The number of aliphatic hydroxyl groups is 1. The van der Waals surface area contributed by atoms with Crippen molar-refractivity contribution in [2.24, 2.45) is 0 Å². The molecule has 1 atom stereocenters. The van der Waals surface area contributed by atoms with Crippen molar-refractivity contribution in [2.75, 3.05) is 39.8 Å². The van der Waals surface area contributed by atoms with Gasteiger partial charge in [0.15, 0.2) is 0 Å². The first kappa shape index (κ1) is 40.4. The molecule has 0 fully saturated rings. The fraction of sp³-hybridized carbons (Fsp3) is 0.973. The molecule has 0 saturated carbocycles. The van der Waals surface area contributed by atoms with Gasteiger partial charge < -0.3 is 14.9 Å². The van der Waals surface area contributed by atoms with E-state index in [9.17, 15) is 9.90 Å². The van der Waals surface area contributed by atoms with Gasteiger partial charge >= 0.3 is 0 Å². The van der Waals surface area contributed by atoms with Gasteiger partial charge in [-0.1, -0.05) is 168 Å². The van der Waals surface area contributed by atoms with Crippen LogP contribution in [0, 0.1) is 0 Å². The number of carbonyl (C=O) groups is 1. The minimum Gasteiger partial charge on any atom is -0.391 e. The minimum absolute atomic E-state index is 0.208. The number of nitrogens with zero attached hydrogens (tertiary/aromatic N) is 1. The number of rotatable bonds is 34. The molecular weight excluding hydrogens is 504 g/mol. The molecule has 0 aromatic rings. The molecule has 0 bridgehead atoms. The van der Waals surface area contributed by atoms with Crippen LogP contribution in [0.4, 0.5) is 0 Å². The fourth-order valence-electron chi connectivity index (χ4n) is 6.12. The third kappa shape index (κ3) is 30.6. The SMILES string of the molecule is CCCCCCCCCCCCCCCC[N+](C)(CCO)CCNC(=O)CCCCCCCCCCCCCCC. The van der Waals surface area contributed by atoms with Crippen LogP contribution in [0.25, 0.3) is 0 Å².